The van der Waals surface area contributed by atoms with Gasteiger partial charge in [0, 0.05) is 5.69 Å². The maximum Gasteiger partial charge on any atom is 0.291 e. The minimum absolute atomic E-state index is 0.227. The number of furan rings is 1. The number of carbonyl (C=O) groups excluding carboxylic acids is 1. The van der Waals surface area contributed by atoms with Gasteiger partial charge in [-0.1, -0.05) is 49.8 Å². The van der Waals surface area contributed by atoms with Crippen LogP contribution in [0.3, 0.4) is 0 Å². The molecule has 0 saturated carbocycles. The highest BCUT2D eigenvalue weighted by Crippen LogP contribution is 2.40. The van der Waals surface area contributed by atoms with Gasteiger partial charge >= 0.3 is 0 Å². The third-order valence-corrected chi connectivity index (χ3v) is 5.67. The number of aryl methyl sites for hydroxylation is 1. The number of rotatable bonds is 5. The predicted molar refractivity (Wildman–Crippen MR) is 121 cm³/mol. The van der Waals surface area contributed by atoms with E-state index in [0.717, 1.165) is 16.8 Å². The van der Waals surface area contributed by atoms with E-state index in [1.165, 1.54) is 30.4 Å². The van der Waals surface area contributed by atoms with Crippen LogP contribution >= 0.6 is 0 Å². The third-order valence-electron chi connectivity index (χ3n) is 5.67. The maximum absolute atomic E-state index is 12.5. The van der Waals surface area contributed by atoms with Crippen molar-refractivity contribution in [3.05, 3.63) is 82.4 Å². The predicted octanol–water partition coefficient (Wildman–Crippen LogP) is 7.33. The Morgan fingerprint density at radius 3 is 2.62 bits per heavy atom. The van der Waals surface area contributed by atoms with Crippen LogP contribution in [0.15, 0.2) is 69.7 Å². The quantitative estimate of drug-likeness (QED) is 0.544. The Labute approximate surface area is 174 Å². The molecule has 0 bridgehead atoms. The lowest BCUT2D eigenvalue weighted by atomic mass is 9.72. The summed E-state index contributed by atoms with van der Waals surface area (Å²) in [6, 6.07) is 11.2. The van der Waals surface area contributed by atoms with Crippen molar-refractivity contribution in [1.29, 1.82) is 0 Å². The van der Waals surface area contributed by atoms with E-state index in [-0.39, 0.29) is 11.3 Å². The van der Waals surface area contributed by atoms with Crippen LogP contribution in [-0.4, -0.2) is 5.91 Å². The number of para-hydroxylation sites is 1. The Kier molecular flexibility index (Phi) is 6.26. The number of amides is 1. The standard InChI is InChI=1S/C26H31NO2/c1-18(12-14-22-19(2)10-8-16-26(22,4)5)17-21-13-15-24(29-21)25(28)27-23-11-7-6-9-20(23)3/h6-7,9,11-15,17H,8,10,16H2,1-5H3,(H,27,28)/b14-12+,18-17+. The maximum atomic E-state index is 12.5. The van der Waals surface area contributed by atoms with Crippen LogP contribution < -0.4 is 5.32 Å². The van der Waals surface area contributed by atoms with Gasteiger partial charge in [-0.15, -0.1) is 0 Å². The topological polar surface area (TPSA) is 42.2 Å². The summed E-state index contributed by atoms with van der Waals surface area (Å²) < 4.78 is 5.75. The van der Waals surface area contributed by atoms with Gasteiger partial charge in [-0.25, -0.2) is 0 Å². The van der Waals surface area contributed by atoms with Crippen molar-refractivity contribution in [2.45, 2.75) is 53.9 Å². The molecule has 1 aliphatic rings. The van der Waals surface area contributed by atoms with Crippen molar-refractivity contribution in [1.82, 2.24) is 0 Å². The van der Waals surface area contributed by atoms with E-state index >= 15 is 0 Å². The molecule has 152 valence electrons. The number of benzene rings is 1. The Balaban J connectivity index is 1.71. The van der Waals surface area contributed by atoms with E-state index in [1.54, 1.807) is 6.07 Å². The number of carbonyl (C=O) groups is 1. The van der Waals surface area contributed by atoms with E-state index < -0.39 is 0 Å². The molecule has 0 radical (unpaired) electrons. The van der Waals surface area contributed by atoms with Gasteiger partial charge in [0.2, 0.25) is 0 Å². The first-order chi connectivity index (χ1) is 13.8. The molecule has 1 aliphatic carbocycles. The van der Waals surface area contributed by atoms with Crippen LogP contribution in [0.5, 0.6) is 0 Å². The Morgan fingerprint density at radius 1 is 1.14 bits per heavy atom. The molecular formula is C26H31NO2. The Morgan fingerprint density at radius 2 is 1.90 bits per heavy atom. The highest BCUT2D eigenvalue weighted by atomic mass is 16.3. The zero-order chi connectivity index (χ0) is 21.0. The molecule has 0 saturated heterocycles. The van der Waals surface area contributed by atoms with E-state index in [1.807, 2.05) is 43.3 Å². The summed E-state index contributed by atoms with van der Waals surface area (Å²) in [4.78, 5) is 12.5. The second kappa shape index (κ2) is 8.69. The van der Waals surface area contributed by atoms with Crippen LogP contribution in [0.25, 0.3) is 6.08 Å². The van der Waals surface area contributed by atoms with Crippen LogP contribution in [0.2, 0.25) is 0 Å². The lowest BCUT2D eigenvalue weighted by Gasteiger charge is -2.32. The van der Waals surface area contributed by atoms with Gasteiger partial charge in [-0.05, 0) is 86.4 Å². The second-order valence-corrected chi connectivity index (χ2v) is 8.62. The molecule has 3 rings (SSSR count). The SMILES string of the molecule is CC1=C(/C=C/C(C)=C/c2ccc(C(=O)Nc3ccccc3C)o2)C(C)(C)CCC1. The molecule has 1 heterocycles. The van der Waals surface area contributed by atoms with Gasteiger partial charge in [-0.2, -0.15) is 0 Å². The molecule has 1 N–H and O–H groups in total. The van der Waals surface area contributed by atoms with Gasteiger partial charge < -0.3 is 9.73 Å². The molecule has 0 spiro atoms. The Hall–Kier alpha value is -2.81. The van der Waals surface area contributed by atoms with E-state index in [0.29, 0.717) is 11.5 Å². The third kappa shape index (κ3) is 5.17. The van der Waals surface area contributed by atoms with Gasteiger partial charge in [-0.3, -0.25) is 4.79 Å². The van der Waals surface area contributed by atoms with E-state index in [9.17, 15) is 4.79 Å². The van der Waals surface area contributed by atoms with Gasteiger partial charge in [0.15, 0.2) is 5.76 Å². The minimum atomic E-state index is -0.239. The summed E-state index contributed by atoms with van der Waals surface area (Å²) in [6.07, 6.45) is 10.0. The largest absolute Gasteiger partial charge is 0.452 e. The monoisotopic (exact) mass is 389 g/mol. The summed E-state index contributed by atoms with van der Waals surface area (Å²) in [5, 5.41) is 2.90. The van der Waals surface area contributed by atoms with E-state index in [2.05, 4.69) is 45.2 Å². The van der Waals surface area contributed by atoms with Gasteiger partial charge in [0.05, 0.1) is 0 Å². The second-order valence-electron chi connectivity index (χ2n) is 8.62. The highest BCUT2D eigenvalue weighted by molar-refractivity contribution is 6.02. The first-order valence-corrected chi connectivity index (χ1v) is 10.3. The van der Waals surface area contributed by atoms with E-state index in [4.69, 9.17) is 4.42 Å². The van der Waals surface area contributed by atoms with Crippen LogP contribution in [0.1, 0.15) is 68.8 Å². The van der Waals surface area contributed by atoms with Crippen molar-refractivity contribution >= 4 is 17.7 Å². The highest BCUT2D eigenvalue weighted by Gasteiger charge is 2.26. The summed E-state index contributed by atoms with van der Waals surface area (Å²) in [7, 11) is 0. The summed E-state index contributed by atoms with van der Waals surface area (Å²) in [5.74, 6) is 0.746. The molecule has 0 unspecified atom stereocenters. The first-order valence-electron chi connectivity index (χ1n) is 10.3. The molecule has 3 nitrogen and oxygen atoms in total. The van der Waals surface area contributed by atoms with Gasteiger partial charge in [0.1, 0.15) is 5.76 Å². The molecule has 1 aromatic heterocycles. The fraction of sp³-hybridized carbons (Fsp3) is 0.346. The van der Waals surface area contributed by atoms with Gasteiger partial charge in [0.25, 0.3) is 5.91 Å². The molecule has 3 heteroatoms. The normalized spacial score (nSPS) is 17.1. The molecule has 0 atom stereocenters. The summed E-state index contributed by atoms with van der Waals surface area (Å²) >= 11 is 0. The van der Waals surface area contributed by atoms with Crippen molar-refractivity contribution in [3.63, 3.8) is 0 Å². The van der Waals surface area contributed by atoms with Crippen molar-refractivity contribution in [2.24, 2.45) is 5.41 Å². The molecule has 1 aromatic carbocycles. The number of hydrogen-bond donors (Lipinski definition) is 1. The molecule has 1 amide bonds. The fourth-order valence-corrected chi connectivity index (χ4v) is 3.95. The van der Waals surface area contributed by atoms with Crippen LogP contribution in [0.4, 0.5) is 5.69 Å². The molecule has 29 heavy (non-hydrogen) atoms. The lowest BCUT2D eigenvalue weighted by Crippen LogP contribution is -2.19. The zero-order valence-electron chi connectivity index (χ0n) is 18.1. The molecular weight excluding hydrogens is 358 g/mol. The fourth-order valence-electron chi connectivity index (χ4n) is 3.95. The number of hydrogen-bond acceptors (Lipinski definition) is 2. The number of anilines is 1. The lowest BCUT2D eigenvalue weighted by molar-refractivity contribution is 0.0996. The molecule has 0 fully saturated rings. The number of nitrogens with one attached hydrogen (secondary N) is 1. The van der Waals surface area contributed by atoms with Crippen molar-refractivity contribution < 1.29 is 9.21 Å². The molecule has 2 aromatic rings. The van der Waals surface area contributed by atoms with Crippen molar-refractivity contribution in [2.75, 3.05) is 5.32 Å². The summed E-state index contributed by atoms with van der Waals surface area (Å²) in [6.45, 7) is 10.9. The van der Waals surface area contributed by atoms with Crippen molar-refractivity contribution in [3.8, 4) is 0 Å². The smallest absolute Gasteiger partial charge is 0.291 e. The first kappa shape index (κ1) is 20.9. The number of allylic oxidation sites excluding steroid dienone is 5. The summed E-state index contributed by atoms with van der Waals surface area (Å²) in [5.41, 5.74) is 6.05. The average Bonchev–Trinajstić information content (AvgIpc) is 3.11. The minimum Gasteiger partial charge on any atom is -0.452 e. The Bertz CT molecular complexity index is 986. The van der Waals surface area contributed by atoms with Crippen LogP contribution in [0, 0.1) is 12.3 Å². The van der Waals surface area contributed by atoms with Crippen LogP contribution in [-0.2, 0) is 0 Å². The zero-order valence-corrected chi connectivity index (χ0v) is 18.1. The molecule has 0 aliphatic heterocycles. The average molecular weight is 390 g/mol.